The van der Waals surface area contributed by atoms with E-state index < -0.39 is 23.5 Å². The standard InChI is InChI=1S/C88H170O7/c1-11-21-31-37-43-47-51-55-59-65-75-85(76-66-60-56-52-48-44-38-32-22-12-2,94-87(89-81-71-27-17-7,90-82-72-28-18-8)79-69-63-41-35-25-15-5)93-86(77-67-61-57-53-49-45-39-33-23-13-3,78-68-62-58-54-50-46-40-34-24-14-4)95-88(91-83-73-29-19-9,92-84-74-30-20-10)80-70-64-42-36-26-16-6/h65-68,75-78H,11-64,69-74,79-84H2,1-10H3. The van der Waals surface area contributed by atoms with Crippen LogP contribution in [0.15, 0.2) is 48.6 Å². The Balaban J connectivity index is 9.22. The Kier molecular flexibility index (Phi) is 71.5. The molecule has 95 heavy (non-hydrogen) atoms. The fourth-order valence-electron chi connectivity index (χ4n) is 12.9. The van der Waals surface area contributed by atoms with Gasteiger partial charge in [0.1, 0.15) is 0 Å². The second-order valence-corrected chi connectivity index (χ2v) is 29.0. The highest BCUT2D eigenvalue weighted by Gasteiger charge is 2.50. The van der Waals surface area contributed by atoms with Crippen molar-refractivity contribution in [3.8, 4) is 0 Å². The quantitative estimate of drug-likeness (QED) is 0.0341. The summed E-state index contributed by atoms with van der Waals surface area (Å²) < 4.78 is 54.2. The molecule has 0 aliphatic carbocycles. The van der Waals surface area contributed by atoms with Crippen LogP contribution in [0.25, 0.3) is 0 Å². The van der Waals surface area contributed by atoms with Crippen molar-refractivity contribution in [3.05, 3.63) is 48.6 Å². The van der Waals surface area contributed by atoms with E-state index in [1.807, 2.05) is 0 Å². The van der Waals surface area contributed by atoms with E-state index in [0.29, 0.717) is 39.3 Å². The molecule has 0 aromatic carbocycles. The van der Waals surface area contributed by atoms with Crippen LogP contribution in [0.1, 0.15) is 467 Å². The zero-order valence-electron chi connectivity index (χ0n) is 66.1. The van der Waals surface area contributed by atoms with E-state index in [1.54, 1.807) is 0 Å². The second-order valence-electron chi connectivity index (χ2n) is 29.0. The molecule has 0 saturated heterocycles. The first kappa shape index (κ1) is 93.7. The van der Waals surface area contributed by atoms with E-state index in [-0.39, 0.29) is 0 Å². The van der Waals surface area contributed by atoms with Crippen molar-refractivity contribution in [2.75, 3.05) is 26.4 Å². The van der Waals surface area contributed by atoms with Crippen LogP contribution in [-0.4, -0.2) is 49.9 Å². The molecule has 0 unspecified atom stereocenters. The van der Waals surface area contributed by atoms with Crippen molar-refractivity contribution < 1.29 is 33.2 Å². The largest absolute Gasteiger partial charge is 0.327 e. The lowest BCUT2D eigenvalue weighted by atomic mass is 10.0. The molecule has 564 valence electrons. The minimum Gasteiger partial charge on any atom is -0.327 e. The van der Waals surface area contributed by atoms with Crippen molar-refractivity contribution in [2.45, 2.75) is 491 Å². The number of hydrogen-bond donors (Lipinski definition) is 0. The average Bonchev–Trinajstić information content (AvgIpc) is 0.812. The molecule has 0 spiro atoms. The Morgan fingerprint density at radius 1 is 0.179 bits per heavy atom. The van der Waals surface area contributed by atoms with Gasteiger partial charge < -0.3 is 23.7 Å². The van der Waals surface area contributed by atoms with Crippen molar-refractivity contribution in [2.24, 2.45) is 0 Å². The predicted molar refractivity (Wildman–Crippen MR) is 418 cm³/mol. The Bertz CT molecular complexity index is 1420. The smallest absolute Gasteiger partial charge is 0.285 e. The molecule has 0 atom stereocenters. The minimum atomic E-state index is -1.49. The van der Waals surface area contributed by atoms with Gasteiger partial charge in [0, 0.05) is 12.8 Å². The van der Waals surface area contributed by atoms with Crippen LogP contribution in [0.2, 0.25) is 0 Å². The summed E-state index contributed by atoms with van der Waals surface area (Å²) in [6, 6.07) is 0. The van der Waals surface area contributed by atoms with Gasteiger partial charge in [-0.3, -0.25) is 9.47 Å². The Morgan fingerprint density at radius 2 is 0.347 bits per heavy atom. The van der Waals surface area contributed by atoms with Crippen molar-refractivity contribution >= 4 is 0 Å². The Hall–Kier alpha value is -1.32. The van der Waals surface area contributed by atoms with Gasteiger partial charge in [-0.2, -0.15) is 0 Å². The summed E-state index contributed by atoms with van der Waals surface area (Å²) in [5, 5.41) is 0. The van der Waals surface area contributed by atoms with Crippen molar-refractivity contribution in [3.63, 3.8) is 0 Å². The van der Waals surface area contributed by atoms with E-state index in [9.17, 15) is 0 Å². The van der Waals surface area contributed by atoms with Crippen molar-refractivity contribution in [1.29, 1.82) is 0 Å². The van der Waals surface area contributed by atoms with E-state index in [0.717, 1.165) is 154 Å². The molecule has 0 radical (unpaired) electrons. The predicted octanol–water partition coefficient (Wildman–Crippen LogP) is 30.4. The molecule has 0 heterocycles. The molecular weight excluding hydrogens is 1170 g/mol. The summed E-state index contributed by atoms with van der Waals surface area (Å²) in [5.74, 6) is -5.73. The molecular formula is C88H170O7. The second kappa shape index (κ2) is 72.5. The van der Waals surface area contributed by atoms with Gasteiger partial charge in [-0.15, -0.1) is 0 Å². The van der Waals surface area contributed by atoms with Gasteiger partial charge in [0.05, 0.1) is 26.4 Å². The minimum absolute atomic E-state index is 0.550. The normalized spacial score (nSPS) is 13.9. The number of unbranched alkanes of at least 4 members (excludes halogenated alkanes) is 50. The molecule has 0 fully saturated rings. The summed E-state index contributed by atoms with van der Waals surface area (Å²) >= 11 is 0. The maximum absolute atomic E-state index is 8.38. The van der Waals surface area contributed by atoms with Gasteiger partial charge in [0.2, 0.25) is 11.6 Å². The summed E-state index contributed by atoms with van der Waals surface area (Å²) in [7, 11) is 0. The van der Waals surface area contributed by atoms with Crippen LogP contribution in [-0.2, 0) is 33.2 Å². The maximum atomic E-state index is 8.38. The third-order valence-corrected chi connectivity index (χ3v) is 19.2. The zero-order valence-corrected chi connectivity index (χ0v) is 66.1. The third-order valence-electron chi connectivity index (χ3n) is 19.2. The molecule has 0 rings (SSSR count). The molecule has 0 aliphatic heterocycles. The van der Waals surface area contributed by atoms with Gasteiger partial charge in [-0.25, -0.2) is 0 Å². The lowest BCUT2D eigenvalue weighted by Gasteiger charge is -2.46. The average molecular weight is 1340 g/mol. The highest BCUT2D eigenvalue weighted by atomic mass is 16.9. The number of rotatable bonds is 80. The maximum Gasteiger partial charge on any atom is 0.285 e. The molecule has 0 aromatic heterocycles. The SMILES string of the molecule is CCCCCCCCCCC=CC(C=CCCCCCCCCCC)(OC(C=CCCCCCCCCCC)(C=CCCCCCCCCCC)OC(CCCCCCCC)(OCCCCC)OCCCCC)OC(CCCCCCCC)(OCCCCC)OCCCCC. The topological polar surface area (TPSA) is 64.6 Å². The molecule has 7 heteroatoms. The third kappa shape index (κ3) is 57.9. The lowest BCUT2D eigenvalue weighted by Crippen LogP contribution is -2.55. The molecule has 0 aromatic rings. The number of allylic oxidation sites excluding steroid dienone is 4. The van der Waals surface area contributed by atoms with E-state index in [1.165, 1.54) is 231 Å². The van der Waals surface area contributed by atoms with Gasteiger partial charge in [0.15, 0.2) is 0 Å². The van der Waals surface area contributed by atoms with Crippen molar-refractivity contribution in [1.82, 2.24) is 0 Å². The fraction of sp³-hybridized carbons (Fsp3) is 0.909. The number of hydrogen-bond acceptors (Lipinski definition) is 7. The lowest BCUT2D eigenvalue weighted by molar-refractivity contribution is -0.475. The summed E-state index contributed by atoms with van der Waals surface area (Å²) in [6.07, 6.45) is 90.9. The highest BCUT2D eigenvalue weighted by molar-refractivity contribution is 5.17. The van der Waals surface area contributed by atoms with Gasteiger partial charge >= 0.3 is 0 Å². The zero-order chi connectivity index (χ0) is 69.3. The van der Waals surface area contributed by atoms with E-state index >= 15 is 0 Å². The van der Waals surface area contributed by atoms with E-state index in [2.05, 4.69) is 118 Å². The molecule has 0 N–H and O–H groups in total. The first-order chi connectivity index (χ1) is 46.7. The molecule has 0 saturated carbocycles. The number of ether oxygens (including phenoxy) is 7. The first-order valence-electron chi connectivity index (χ1n) is 43.1. The van der Waals surface area contributed by atoms with Crippen LogP contribution in [0.5, 0.6) is 0 Å². The van der Waals surface area contributed by atoms with Gasteiger partial charge in [-0.05, 0) is 114 Å². The molecule has 0 amide bonds. The first-order valence-corrected chi connectivity index (χ1v) is 43.1. The van der Waals surface area contributed by atoms with Gasteiger partial charge in [0.25, 0.3) is 11.9 Å². The molecule has 0 bridgehead atoms. The van der Waals surface area contributed by atoms with Gasteiger partial charge in [-0.1, -0.05) is 389 Å². The fourth-order valence-corrected chi connectivity index (χ4v) is 12.9. The highest BCUT2D eigenvalue weighted by Crippen LogP contribution is 2.42. The van der Waals surface area contributed by atoms with Crippen LogP contribution < -0.4 is 0 Å². The van der Waals surface area contributed by atoms with Crippen LogP contribution in [0.4, 0.5) is 0 Å². The van der Waals surface area contributed by atoms with Crippen LogP contribution in [0.3, 0.4) is 0 Å². The van der Waals surface area contributed by atoms with E-state index in [4.69, 9.17) is 33.2 Å². The monoisotopic (exact) mass is 1340 g/mol. The molecule has 0 aliphatic rings. The summed E-state index contributed by atoms with van der Waals surface area (Å²) in [4.78, 5) is 0. The Morgan fingerprint density at radius 3 is 0.547 bits per heavy atom. The van der Waals surface area contributed by atoms with Crippen LogP contribution in [0, 0.1) is 0 Å². The van der Waals surface area contributed by atoms with Crippen LogP contribution >= 0.6 is 0 Å². The summed E-state index contributed by atoms with van der Waals surface area (Å²) in [5.41, 5.74) is 0. The molecule has 7 nitrogen and oxygen atoms in total. The Labute approximate surface area is 596 Å². The summed E-state index contributed by atoms with van der Waals surface area (Å²) in [6.45, 7) is 25.2.